The molecule has 128 valence electrons. The minimum Gasteiger partial charge on any atom is -0.506 e. The zero-order chi connectivity index (χ0) is 18.1. The molecular weight excluding hydrogens is 324 g/mol. The second-order valence-electron chi connectivity index (χ2n) is 6.27. The van der Waals surface area contributed by atoms with E-state index in [0.717, 1.165) is 22.5 Å². The summed E-state index contributed by atoms with van der Waals surface area (Å²) in [6, 6.07) is 19.0. The van der Waals surface area contributed by atoms with E-state index in [4.69, 9.17) is 4.98 Å². The van der Waals surface area contributed by atoms with Crippen molar-refractivity contribution in [1.82, 2.24) is 9.38 Å². The number of benzene rings is 2. The second-order valence-corrected chi connectivity index (χ2v) is 6.27. The molecule has 0 amide bonds. The number of imidazole rings is 1. The molecule has 26 heavy (non-hydrogen) atoms. The van der Waals surface area contributed by atoms with E-state index in [9.17, 15) is 5.11 Å². The number of phenols is 1. The third-order valence-electron chi connectivity index (χ3n) is 4.20. The number of phenolic OH excluding ortho intramolecular Hbond substituents is 1. The molecule has 0 saturated carbocycles. The maximum absolute atomic E-state index is 9.94. The lowest BCUT2D eigenvalue weighted by Gasteiger charge is -2.02. The summed E-state index contributed by atoms with van der Waals surface area (Å²) in [5.74, 6) is 0.731. The standard InChI is InChI=1S/C21H18N4O/c1-14-7-10-16(11-8-14)20-21(24-23-17-5-3-4-6-18(17)26)25-13-15(2)9-12-19(25)22-20/h3-13,26H,1-2H3. The van der Waals surface area contributed by atoms with Crippen LogP contribution in [0.5, 0.6) is 5.75 Å². The third kappa shape index (κ3) is 2.95. The van der Waals surface area contributed by atoms with E-state index in [2.05, 4.69) is 29.3 Å². The third-order valence-corrected chi connectivity index (χ3v) is 4.20. The molecule has 0 aliphatic carbocycles. The predicted octanol–water partition coefficient (Wildman–Crippen LogP) is 5.74. The molecule has 0 aliphatic heterocycles. The highest BCUT2D eigenvalue weighted by Gasteiger charge is 2.14. The van der Waals surface area contributed by atoms with E-state index in [1.807, 2.05) is 47.9 Å². The average Bonchev–Trinajstić information content (AvgIpc) is 2.99. The molecule has 2 aromatic carbocycles. The minimum absolute atomic E-state index is 0.0955. The van der Waals surface area contributed by atoms with Crippen LogP contribution in [0.4, 0.5) is 11.5 Å². The van der Waals surface area contributed by atoms with E-state index >= 15 is 0 Å². The fraction of sp³-hybridized carbons (Fsp3) is 0.0952. The monoisotopic (exact) mass is 342 g/mol. The smallest absolute Gasteiger partial charge is 0.187 e. The van der Waals surface area contributed by atoms with Gasteiger partial charge in [-0.2, -0.15) is 0 Å². The Labute approximate surface area is 151 Å². The first-order chi connectivity index (χ1) is 12.6. The highest BCUT2D eigenvalue weighted by molar-refractivity contribution is 5.74. The van der Waals surface area contributed by atoms with Gasteiger partial charge in [0, 0.05) is 11.8 Å². The SMILES string of the molecule is Cc1ccc(-c2nc3ccc(C)cn3c2N=Nc2ccccc2O)cc1. The predicted molar refractivity (Wildman–Crippen MR) is 102 cm³/mol. The van der Waals surface area contributed by atoms with Crippen LogP contribution >= 0.6 is 0 Å². The lowest BCUT2D eigenvalue weighted by molar-refractivity contribution is 0.476. The fourth-order valence-electron chi connectivity index (χ4n) is 2.79. The normalized spacial score (nSPS) is 11.5. The van der Waals surface area contributed by atoms with Crippen LogP contribution in [-0.2, 0) is 0 Å². The number of para-hydroxylation sites is 1. The van der Waals surface area contributed by atoms with Crippen LogP contribution in [0.15, 0.2) is 77.1 Å². The van der Waals surface area contributed by atoms with Crippen LogP contribution in [-0.4, -0.2) is 14.5 Å². The Morgan fingerprint density at radius 3 is 2.35 bits per heavy atom. The van der Waals surface area contributed by atoms with Crippen molar-refractivity contribution in [3.05, 3.63) is 78.0 Å². The second kappa shape index (κ2) is 6.44. The maximum Gasteiger partial charge on any atom is 0.187 e. The first kappa shape index (κ1) is 16.0. The van der Waals surface area contributed by atoms with Gasteiger partial charge in [-0.15, -0.1) is 10.2 Å². The Kier molecular flexibility index (Phi) is 3.97. The molecule has 0 unspecified atom stereocenters. The number of aryl methyl sites for hydroxylation is 2. The van der Waals surface area contributed by atoms with Crippen molar-refractivity contribution in [2.75, 3.05) is 0 Å². The van der Waals surface area contributed by atoms with Gasteiger partial charge >= 0.3 is 0 Å². The molecule has 5 nitrogen and oxygen atoms in total. The van der Waals surface area contributed by atoms with Crippen molar-refractivity contribution >= 4 is 17.2 Å². The first-order valence-corrected chi connectivity index (χ1v) is 8.37. The number of aromatic nitrogens is 2. The van der Waals surface area contributed by atoms with Crippen molar-refractivity contribution in [2.45, 2.75) is 13.8 Å². The largest absolute Gasteiger partial charge is 0.506 e. The number of hydrogen-bond donors (Lipinski definition) is 1. The Morgan fingerprint density at radius 2 is 1.58 bits per heavy atom. The Bertz CT molecular complexity index is 1110. The quantitative estimate of drug-likeness (QED) is 0.483. The van der Waals surface area contributed by atoms with Gasteiger partial charge in [0.25, 0.3) is 0 Å². The number of fused-ring (bicyclic) bond motifs is 1. The molecule has 5 heteroatoms. The molecule has 4 rings (SSSR count). The molecular formula is C21H18N4O. The molecule has 0 aliphatic rings. The Balaban J connectivity index is 1.90. The first-order valence-electron chi connectivity index (χ1n) is 8.37. The van der Waals surface area contributed by atoms with Crippen LogP contribution in [0.3, 0.4) is 0 Å². The van der Waals surface area contributed by atoms with Gasteiger partial charge in [-0.25, -0.2) is 4.98 Å². The van der Waals surface area contributed by atoms with E-state index < -0.39 is 0 Å². The Morgan fingerprint density at radius 1 is 0.846 bits per heavy atom. The van der Waals surface area contributed by atoms with Crippen molar-refractivity contribution in [1.29, 1.82) is 0 Å². The van der Waals surface area contributed by atoms with Crippen molar-refractivity contribution in [3.63, 3.8) is 0 Å². The number of hydrogen-bond acceptors (Lipinski definition) is 4. The van der Waals surface area contributed by atoms with E-state index in [1.54, 1.807) is 18.2 Å². The van der Waals surface area contributed by atoms with Crippen LogP contribution in [0.1, 0.15) is 11.1 Å². The molecule has 0 bridgehead atoms. The van der Waals surface area contributed by atoms with Gasteiger partial charge in [-0.3, -0.25) is 4.40 Å². The maximum atomic E-state index is 9.94. The summed E-state index contributed by atoms with van der Waals surface area (Å²) in [4.78, 5) is 4.74. The highest BCUT2D eigenvalue weighted by atomic mass is 16.3. The molecule has 0 fully saturated rings. The number of nitrogens with zero attached hydrogens (tertiary/aromatic N) is 4. The number of rotatable bonds is 3. The lowest BCUT2D eigenvalue weighted by atomic mass is 10.1. The van der Waals surface area contributed by atoms with Crippen LogP contribution < -0.4 is 0 Å². The van der Waals surface area contributed by atoms with Crippen LogP contribution in [0.25, 0.3) is 16.9 Å². The number of pyridine rings is 1. The van der Waals surface area contributed by atoms with Crippen LogP contribution in [0.2, 0.25) is 0 Å². The molecule has 2 heterocycles. The molecule has 1 N–H and O–H groups in total. The van der Waals surface area contributed by atoms with Gasteiger partial charge < -0.3 is 5.11 Å². The summed E-state index contributed by atoms with van der Waals surface area (Å²) < 4.78 is 1.92. The van der Waals surface area contributed by atoms with Crippen molar-refractivity contribution < 1.29 is 5.11 Å². The molecule has 2 aromatic heterocycles. The molecule has 0 atom stereocenters. The molecule has 0 saturated heterocycles. The van der Waals surface area contributed by atoms with E-state index in [-0.39, 0.29) is 5.75 Å². The fourth-order valence-corrected chi connectivity index (χ4v) is 2.79. The number of aromatic hydroxyl groups is 1. The molecule has 0 spiro atoms. The zero-order valence-corrected chi connectivity index (χ0v) is 14.6. The topological polar surface area (TPSA) is 62.2 Å². The van der Waals surface area contributed by atoms with Gasteiger partial charge in [0.1, 0.15) is 22.8 Å². The summed E-state index contributed by atoms with van der Waals surface area (Å²) >= 11 is 0. The van der Waals surface area contributed by atoms with Gasteiger partial charge in [-0.1, -0.05) is 48.0 Å². The zero-order valence-electron chi connectivity index (χ0n) is 14.6. The summed E-state index contributed by atoms with van der Waals surface area (Å²) in [5, 5.41) is 18.6. The average molecular weight is 342 g/mol. The van der Waals surface area contributed by atoms with Crippen molar-refractivity contribution in [2.24, 2.45) is 10.2 Å². The Hall–Kier alpha value is -3.47. The summed E-state index contributed by atoms with van der Waals surface area (Å²) in [7, 11) is 0. The number of azo groups is 1. The van der Waals surface area contributed by atoms with Crippen molar-refractivity contribution in [3.8, 4) is 17.0 Å². The van der Waals surface area contributed by atoms with Gasteiger partial charge in [0.15, 0.2) is 5.82 Å². The molecule has 4 aromatic rings. The molecule has 0 radical (unpaired) electrons. The van der Waals surface area contributed by atoms with Gasteiger partial charge in [0.2, 0.25) is 0 Å². The van der Waals surface area contributed by atoms with E-state index in [0.29, 0.717) is 11.5 Å². The van der Waals surface area contributed by atoms with Crippen LogP contribution in [0, 0.1) is 13.8 Å². The minimum atomic E-state index is 0.0955. The highest BCUT2D eigenvalue weighted by Crippen LogP contribution is 2.34. The summed E-state index contributed by atoms with van der Waals surface area (Å²) in [5.41, 5.74) is 5.25. The lowest BCUT2D eigenvalue weighted by Crippen LogP contribution is -1.85. The van der Waals surface area contributed by atoms with Gasteiger partial charge in [0.05, 0.1) is 0 Å². The summed E-state index contributed by atoms with van der Waals surface area (Å²) in [6.07, 6.45) is 1.99. The van der Waals surface area contributed by atoms with E-state index in [1.165, 1.54) is 5.56 Å². The van der Waals surface area contributed by atoms with Gasteiger partial charge in [-0.05, 0) is 37.6 Å². The summed E-state index contributed by atoms with van der Waals surface area (Å²) in [6.45, 7) is 4.07.